The summed E-state index contributed by atoms with van der Waals surface area (Å²) in [5.41, 5.74) is 7.61. The molecule has 1 aromatic rings. The summed E-state index contributed by atoms with van der Waals surface area (Å²) in [6.45, 7) is 0.845. The first-order valence-electron chi connectivity index (χ1n) is 4.56. The molecule has 1 saturated carbocycles. The van der Waals surface area contributed by atoms with Gasteiger partial charge < -0.3 is 10.3 Å². The zero-order valence-corrected chi connectivity index (χ0v) is 7.59. The van der Waals surface area contributed by atoms with E-state index >= 15 is 0 Å². The molecule has 0 aromatic carbocycles. The lowest BCUT2D eigenvalue weighted by atomic mass is 10.0. The lowest BCUT2D eigenvalue weighted by Crippen LogP contribution is -2.19. The minimum absolute atomic E-state index is 0.464. The molecule has 0 amide bonds. The molecule has 2 nitrogen and oxygen atoms in total. The second-order valence-corrected chi connectivity index (χ2v) is 3.99. The molecule has 1 fully saturated rings. The van der Waals surface area contributed by atoms with Crippen molar-refractivity contribution in [3.8, 4) is 0 Å². The third-order valence-electron chi connectivity index (χ3n) is 3.00. The summed E-state index contributed by atoms with van der Waals surface area (Å²) in [6.07, 6.45) is 5.89. The van der Waals surface area contributed by atoms with Crippen LogP contribution < -0.4 is 5.73 Å². The van der Waals surface area contributed by atoms with Crippen LogP contribution in [0.5, 0.6) is 0 Å². The minimum atomic E-state index is 0.464. The molecular formula is C10H16N2. The molecule has 0 saturated heterocycles. The van der Waals surface area contributed by atoms with E-state index < -0.39 is 0 Å². The summed E-state index contributed by atoms with van der Waals surface area (Å²) in [7, 11) is 2.10. The highest BCUT2D eigenvalue weighted by molar-refractivity contribution is 5.12. The van der Waals surface area contributed by atoms with Crippen molar-refractivity contribution >= 4 is 0 Å². The molecule has 2 N–H and O–H groups in total. The van der Waals surface area contributed by atoms with Gasteiger partial charge in [0.2, 0.25) is 0 Å². The summed E-state index contributed by atoms with van der Waals surface area (Å²) < 4.78 is 2.19. The van der Waals surface area contributed by atoms with E-state index in [1.54, 1.807) is 0 Å². The topological polar surface area (TPSA) is 30.9 Å². The van der Waals surface area contributed by atoms with Gasteiger partial charge in [0.25, 0.3) is 0 Å². The van der Waals surface area contributed by atoms with Crippen LogP contribution in [0.3, 0.4) is 0 Å². The summed E-state index contributed by atoms with van der Waals surface area (Å²) in [6, 6.07) is 4.29. The zero-order chi connectivity index (χ0) is 8.60. The van der Waals surface area contributed by atoms with Gasteiger partial charge in [0.1, 0.15) is 0 Å². The minimum Gasteiger partial charge on any atom is -0.354 e. The standard InChI is InChI=1S/C10H16N2/c1-12-6-2-3-9(12)7-10(8-11)4-5-10/h2-3,6H,4-5,7-8,11H2,1H3. The molecule has 1 aliphatic carbocycles. The first kappa shape index (κ1) is 7.87. The molecule has 0 bridgehead atoms. The maximum atomic E-state index is 5.73. The van der Waals surface area contributed by atoms with Gasteiger partial charge in [-0.3, -0.25) is 0 Å². The average Bonchev–Trinajstić information content (AvgIpc) is 2.74. The molecule has 0 spiro atoms. The summed E-state index contributed by atoms with van der Waals surface area (Å²) >= 11 is 0. The fraction of sp³-hybridized carbons (Fsp3) is 0.600. The van der Waals surface area contributed by atoms with Gasteiger partial charge in [-0.15, -0.1) is 0 Å². The lowest BCUT2D eigenvalue weighted by Gasteiger charge is -2.12. The molecule has 1 heterocycles. The van der Waals surface area contributed by atoms with Crippen molar-refractivity contribution in [1.82, 2.24) is 4.57 Å². The normalized spacial score (nSPS) is 19.5. The number of hydrogen-bond acceptors (Lipinski definition) is 1. The van der Waals surface area contributed by atoms with E-state index in [1.807, 2.05) is 0 Å². The van der Waals surface area contributed by atoms with Crippen LogP contribution in [-0.2, 0) is 13.5 Å². The Morgan fingerprint density at radius 3 is 2.75 bits per heavy atom. The summed E-state index contributed by atoms with van der Waals surface area (Å²) in [5, 5.41) is 0. The molecule has 2 heteroatoms. The highest BCUT2D eigenvalue weighted by atomic mass is 14.9. The third-order valence-corrected chi connectivity index (χ3v) is 3.00. The SMILES string of the molecule is Cn1cccc1CC1(CN)CC1. The molecule has 0 unspecified atom stereocenters. The molecule has 1 aliphatic rings. The van der Waals surface area contributed by atoms with Gasteiger partial charge in [-0.1, -0.05) is 0 Å². The van der Waals surface area contributed by atoms with Crippen LogP contribution >= 0.6 is 0 Å². The Balaban J connectivity index is 2.08. The monoisotopic (exact) mass is 164 g/mol. The average molecular weight is 164 g/mol. The summed E-state index contributed by atoms with van der Waals surface area (Å²) in [5.74, 6) is 0. The van der Waals surface area contributed by atoms with E-state index in [0.717, 1.165) is 13.0 Å². The molecule has 0 aliphatic heterocycles. The van der Waals surface area contributed by atoms with Crippen molar-refractivity contribution in [3.05, 3.63) is 24.0 Å². The van der Waals surface area contributed by atoms with Crippen molar-refractivity contribution < 1.29 is 0 Å². The Morgan fingerprint density at radius 1 is 1.58 bits per heavy atom. The van der Waals surface area contributed by atoms with E-state index in [2.05, 4.69) is 29.9 Å². The molecule has 1 aromatic heterocycles. The van der Waals surface area contributed by atoms with Gasteiger partial charge in [-0.05, 0) is 43.4 Å². The van der Waals surface area contributed by atoms with Gasteiger partial charge in [0.15, 0.2) is 0 Å². The second-order valence-electron chi connectivity index (χ2n) is 3.99. The molecule has 0 radical (unpaired) electrons. The Hall–Kier alpha value is -0.760. The van der Waals surface area contributed by atoms with Crippen molar-refractivity contribution in [2.75, 3.05) is 6.54 Å². The number of hydrogen-bond donors (Lipinski definition) is 1. The molecule has 12 heavy (non-hydrogen) atoms. The van der Waals surface area contributed by atoms with Gasteiger partial charge in [0, 0.05) is 18.9 Å². The van der Waals surface area contributed by atoms with Crippen LogP contribution in [0.1, 0.15) is 18.5 Å². The molecule has 66 valence electrons. The first-order chi connectivity index (χ1) is 5.76. The van der Waals surface area contributed by atoms with Crippen molar-refractivity contribution in [2.45, 2.75) is 19.3 Å². The summed E-state index contributed by atoms with van der Waals surface area (Å²) in [4.78, 5) is 0. The van der Waals surface area contributed by atoms with Crippen molar-refractivity contribution in [2.24, 2.45) is 18.2 Å². The maximum absolute atomic E-state index is 5.73. The van der Waals surface area contributed by atoms with E-state index in [0.29, 0.717) is 5.41 Å². The number of nitrogens with zero attached hydrogens (tertiary/aromatic N) is 1. The second kappa shape index (κ2) is 2.63. The Morgan fingerprint density at radius 2 is 2.33 bits per heavy atom. The fourth-order valence-corrected chi connectivity index (χ4v) is 1.69. The van der Waals surface area contributed by atoms with Crippen LogP contribution in [0.4, 0.5) is 0 Å². The quantitative estimate of drug-likeness (QED) is 0.717. The van der Waals surface area contributed by atoms with E-state index in [1.165, 1.54) is 18.5 Å². The number of rotatable bonds is 3. The fourth-order valence-electron chi connectivity index (χ4n) is 1.69. The van der Waals surface area contributed by atoms with E-state index in [-0.39, 0.29) is 0 Å². The molecular weight excluding hydrogens is 148 g/mol. The third kappa shape index (κ3) is 1.27. The van der Waals surface area contributed by atoms with Gasteiger partial charge >= 0.3 is 0 Å². The predicted molar refractivity (Wildman–Crippen MR) is 49.8 cm³/mol. The van der Waals surface area contributed by atoms with Crippen LogP contribution in [0, 0.1) is 5.41 Å². The van der Waals surface area contributed by atoms with Gasteiger partial charge in [-0.2, -0.15) is 0 Å². The highest BCUT2D eigenvalue weighted by Crippen LogP contribution is 2.47. The Kier molecular flexibility index (Phi) is 1.72. The van der Waals surface area contributed by atoms with Gasteiger partial charge in [0.05, 0.1) is 0 Å². The number of aromatic nitrogens is 1. The highest BCUT2D eigenvalue weighted by Gasteiger charge is 2.41. The number of nitrogens with two attached hydrogens (primary N) is 1. The van der Waals surface area contributed by atoms with Crippen molar-refractivity contribution in [1.29, 1.82) is 0 Å². The van der Waals surface area contributed by atoms with Crippen LogP contribution in [0.15, 0.2) is 18.3 Å². The Bertz CT molecular complexity index is 271. The van der Waals surface area contributed by atoms with E-state index in [9.17, 15) is 0 Å². The van der Waals surface area contributed by atoms with Crippen LogP contribution in [0.2, 0.25) is 0 Å². The van der Waals surface area contributed by atoms with Crippen LogP contribution in [-0.4, -0.2) is 11.1 Å². The molecule has 0 atom stereocenters. The van der Waals surface area contributed by atoms with Crippen LogP contribution in [0.25, 0.3) is 0 Å². The lowest BCUT2D eigenvalue weighted by molar-refractivity contribution is 0.505. The first-order valence-corrected chi connectivity index (χ1v) is 4.56. The smallest absolute Gasteiger partial charge is 0.0177 e. The molecule has 2 rings (SSSR count). The van der Waals surface area contributed by atoms with E-state index in [4.69, 9.17) is 5.73 Å². The predicted octanol–water partition coefficient (Wildman–Crippen LogP) is 1.31. The largest absolute Gasteiger partial charge is 0.354 e. The number of aryl methyl sites for hydroxylation is 1. The van der Waals surface area contributed by atoms with Gasteiger partial charge in [-0.25, -0.2) is 0 Å². The Labute approximate surface area is 73.4 Å². The zero-order valence-electron chi connectivity index (χ0n) is 7.59. The van der Waals surface area contributed by atoms with Crippen molar-refractivity contribution in [3.63, 3.8) is 0 Å². The maximum Gasteiger partial charge on any atom is 0.0177 e.